The molecule has 2 nitrogen and oxygen atoms in total. The van der Waals surface area contributed by atoms with Crippen LogP contribution in [-0.2, 0) is 4.79 Å². The summed E-state index contributed by atoms with van der Waals surface area (Å²) < 4.78 is 0. The Bertz CT molecular complexity index is 199. The van der Waals surface area contributed by atoms with Crippen LogP contribution in [0.15, 0.2) is 0 Å². The molecule has 0 atom stereocenters. The van der Waals surface area contributed by atoms with Crippen LogP contribution in [0.4, 0.5) is 0 Å². The lowest BCUT2D eigenvalue weighted by Gasteiger charge is -2.28. The molecule has 1 rings (SSSR count). The van der Waals surface area contributed by atoms with Gasteiger partial charge in [-0.3, -0.25) is 4.79 Å². The van der Waals surface area contributed by atoms with Crippen molar-refractivity contribution in [2.45, 2.75) is 47.0 Å². The molecule has 0 aliphatic heterocycles. The molecule has 0 heterocycles. The van der Waals surface area contributed by atoms with E-state index in [0.717, 1.165) is 19.4 Å². The van der Waals surface area contributed by atoms with E-state index in [1.807, 2.05) is 0 Å². The van der Waals surface area contributed by atoms with Crippen molar-refractivity contribution in [3.05, 3.63) is 0 Å². The highest BCUT2D eigenvalue weighted by molar-refractivity contribution is 5.79. The fourth-order valence-corrected chi connectivity index (χ4v) is 2.27. The highest BCUT2D eigenvalue weighted by atomic mass is 16.1. The van der Waals surface area contributed by atoms with Crippen LogP contribution < -0.4 is 5.32 Å². The lowest BCUT2D eigenvalue weighted by atomic mass is 9.83. The molecule has 15 heavy (non-hydrogen) atoms. The molecule has 0 aromatic carbocycles. The van der Waals surface area contributed by atoms with E-state index in [2.05, 4.69) is 33.0 Å². The summed E-state index contributed by atoms with van der Waals surface area (Å²) >= 11 is 0. The summed E-state index contributed by atoms with van der Waals surface area (Å²) in [4.78, 5) is 11.7. The van der Waals surface area contributed by atoms with Gasteiger partial charge in [-0.1, -0.05) is 34.1 Å². The van der Waals surface area contributed by atoms with Crippen LogP contribution in [0.1, 0.15) is 47.0 Å². The zero-order valence-electron chi connectivity index (χ0n) is 10.5. The molecule has 0 radical (unpaired) electrons. The largest absolute Gasteiger partial charge is 0.356 e. The van der Waals surface area contributed by atoms with Gasteiger partial charge in [-0.05, 0) is 30.6 Å². The first kappa shape index (κ1) is 12.5. The highest BCUT2D eigenvalue weighted by Gasteiger charge is 2.26. The zero-order valence-corrected chi connectivity index (χ0v) is 10.5. The van der Waals surface area contributed by atoms with Gasteiger partial charge in [0.15, 0.2) is 0 Å². The highest BCUT2D eigenvalue weighted by Crippen LogP contribution is 2.26. The molecule has 1 N–H and O–H groups in total. The number of hydrogen-bond donors (Lipinski definition) is 1. The number of carbonyl (C=O) groups excluding carboxylic acids is 1. The topological polar surface area (TPSA) is 29.1 Å². The monoisotopic (exact) mass is 211 g/mol. The van der Waals surface area contributed by atoms with Gasteiger partial charge in [-0.15, -0.1) is 0 Å². The molecule has 0 aromatic rings. The van der Waals surface area contributed by atoms with Crippen LogP contribution in [-0.4, -0.2) is 12.5 Å². The molecule has 0 unspecified atom stereocenters. The summed E-state index contributed by atoms with van der Waals surface area (Å²) in [6, 6.07) is 0. The molecule has 0 saturated heterocycles. The van der Waals surface area contributed by atoms with Crippen LogP contribution in [0, 0.1) is 23.7 Å². The van der Waals surface area contributed by atoms with E-state index in [1.54, 1.807) is 0 Å². The molecule has 1 fully saturated rings. The van der Waals surface area contributed by atoms with Gasteiger partial charge in [0, 0.05) is 12.5 Å². The first-order chi connectivity index (χ1) is 7.02. The van der Waals surface area contributed by atoms with E-state index in [9.17, 15) is 4.79 Å². The second-order valence-electron chi connectivity index (χ2n) is 5.52. The van der Waals surface area contributed by atoms with Crippen LogP contribution in [0.25, 0.3) is 0 Å². The fourth-order valence-electron chi connectivity index (χ4n) is 2.27. The SMILES string of the molecule is CC(C)C(CNC(=O)C1CCC1)C(C)C. The first-order valence-electron chi connectivity index (χ1n) is 6.30. The number of nitrogens with one attached hydrogen (secondary N) is 1. The van der Waals surface area contributed by atoms with Crippen molar-refractivity contribution in [1.82, 2.24) is 5.32 Å². The summed E-state index contributed by atoms with van der Waals surface area (Å²) in [5.41, 5.74) is 0. The molecule has 0 bridgehead atoms. The van der Waals surface area contributed by atoms with Gasteiger partial charge in [0.05, 0.1) is 0 Å². The molecular formula is C13H25NO. The Labute approximate surface area is 93.8 Å². The third-order valence-electron chi connectivity index (χ3n) is 3.70. The van der Waals surface area contributed by atoms with Crippen molar-refractivity contribution >= 4 is 5.91 Å². The normalized spacial score (nSPS) is 17.3. The van der Waals surface area contributed by atoms with E-state index in [4.69, 9.17) is 0 Å². The molecule has 1 aliphatic carbocycles. The van der Waals surface area contributed by atoms with Crippen LogP contribution in [0.3, 0.4) is 0 Å². The van der Waals surface area contributed by atoms with Gasteiger partial charge in [0.2, 0.25) is 5.91 Å². The van der Waals surface area contributed by atoms with Crippen LogP contribution >= 0.6 is 0 Å². The van der Waals surface area contributed by atoms with Crippen molar-refractivity contribution < 1.29 is 4.79 Å². The van der Waals surface area contributed by atoms with Gasteiger partial charge in [-0.25, -0.2) is 0 Å². The van der Waals surface area contributed by atoms with Gasteiger partial charge >= 0.3 is 0 Å². The standard InChI is InChI=1S/C13H25NO/c1-9(2)12(10(3)4)8-14-13(15)11-6-5-7-11/h9-12H,5-8H2,1-4H3,(H,14,15). The van der Waals surface area contributed by atoms with Gasteiger partial charge in [0.1, 0.15) is 0 Å². The molecule has 0 spiro atoms. The summed E-state index contributed by atoms with van der Waals surface area (Å²) in [6.07, 6.45) is 3.43. The molecular weight excluding hydrogens is 186 g/mol. The summed E-state index contributed by atoms with van der Waals surface area (Å²) in [7, 11) is 0. The molecule has 88 valence electrons. The quantitative estimate of drug-likeness (QED) is 0.744. The Kier molecular flexibility index (Phi) is 4.62. The lowest BCUT2D eigenvalue weighted by Crippen LogP contribution is -2.39. The van der Waals surface area contributed by atoms with Crippen molar-refractivity contribution in [1.29, 1.82) is 0 Å². The van der Waals surface area contributed by atoms with Crippen molar-refractivity contribution in [2.24, 2.45) is 23.7 Å². The second kappa shape index (κ2) is 5.53. The van der Waals surface area contributed by atoms with E-state index >= 15 is 0 Å². The number of amides is 1. The maximum atomic E-state index is 11.7. The van der Waals surface area contributed by atoms with Gasteiger partial charge in [-0.2, -0.15) is 0 Å². The maximum Gasteiger partial charge on any atom is 0.223 e. The Hall–Kier alpha value is -0.530. The van der Waals surface area contributed by atoms with E-state index < -0.39 is 0 Å². The predicted octanol–water partition coefficient (Wildman–Crippen LogP) is 2.83. The Morgan fingerprint density at radius 1 is 1.20 bits per heavy atom. The minimum atomic E-state index is 0.285. The third-order valence-corrected chi connectivity index (χ3v) is 3.70. The van der Waals surface area contributed by atoms with Crippen molar-refractivity contribution in [2.75, 3.05) is 6.54 Å². The second-order valence-corrected chi connectivity index (χ2v) is 5.52. The first-order valence-corrected chi connectivity index (χ1v) is 6.30. The Balaban J connectivity index is 2.29. The average molecular weight is 211 g/mol. The molecule has 1 aliphatic rings. The summed E-state index contributed by atoms with van der Waals surface area (Å²) in [6.45, 7) is 9.80. The summed E-state index contributed by atoms with van der Waals surface area (Å²) in [5, 5.41) is 3.11. The number of rotatable bonds is 5. The molecule has 2 heteroatoms. The van der Waals surface area contributed by atoms with Crippen LogP contribution in [0.5, 0.6) is 0 Å². The Morgan fingerprint density at radius 2 is 1.73 bits per heavy atom. The lowest BCUT2D eigenvalue weighted by molar-refractivity contribution is -0.127. The van der Waals surface area contributed by atoms with Crippen molar-refractivity contribution in [3.63, 3.8) is 0 Å². The Morgan fingerprint density at radius 3 is 2.07 bits per heavy atom. The minimum Gasteiger partial charge on any atom is -0.356 e. The van der Waals surface area contributed by atoms with Crippen molar-refractivity contribution in [3.8, 4) is 0 Å². The summed E-state index contributed by atoms with van der Waals surface area (Å²) in [5.74, 6) is 2.50. The smallest absolute Gasteiger partial charge is 0.223 e. The van der Waals surface area contributed by atoms with Gasteiger partial charge in [0.25, 0.3) is 0 Å². The fraction of sp³-hybridized carbons (Fsp3) is 0.923. The van der Waals surface area contributed by atoms with E-state index in [-0.39, 0.29) is 5.91 Å². The average Bonchev–Trinajstić information content (AvgIpc) is 1.99. The van der Waals surface area contributed by atoms with Gasteiger partial charge < -0.3 is 5.32 Å². The zero-order chi connectivity index (χ0) is 11.4. The van der Waals surface area contributed by atoms with E-state index in [0.29, 0.717) is 23.7 Å². The predicted molar refractivity (Wildman–Crippen MR) is 63.5 cm³/mol. The molecule has 0 aromatic heterocycles. The molecule has 1 amide bonds. The number of carbonyl (C=O) groups is 1. The van der Waals surface area contributed by atoms with Crippen LogP contribution in [0.2, 0.25) is 0 Å². The minimum absolute atomic E-state index is 0.285. The number of hydrogen-bond acceptors (Lipinski definition) is 1. The van der Waals surface area contributed by atoms with E-state index in [1.165, 1.54) is 6.42 Å². The maximum absolute atomic E-state index is 11.7. The molecule has 1 saturated carbocycles. The third kappa shape index (κ3) is 3.51.